The van der Waals surface area contributed by atoms with E-state index in [2.05, 4.69) is 10.6 Å². The third-order valence-corrected chi connectivity index (χ3v) is 5.82. The van der Waals surface area contributed by atoms with Gasteiger partial charge < -0.3 is 5.32 Å². The summed E-state index contributed by atoms with van der Waals surface area (Å²) in [5.41, 5.74) is 1.45. The van der Waals surface area contributed by atoms with Gasteiger partial charge in [-0.05, 0) is 43.2 Å². The summed E-state index contributed by atoms with van der Waals surface area (Å²) in [5.74, 6) is 0. The van der Waals surface area contributed by atoms with E-state index in [0.29, 0.717) is 16.4 Å². The van der Waals surface area contributed by atoms with Gasteiger partial charge in [0, 0.05) is 12.2 Å². The number of unbranched alkanes of at least 4 members (excludes halogenated alkanes) is 2. The number of anilines is 1. The molecule has 0 saturated heterocycles. The highest BCUT2D eigenvalue weighted by Gasteiger charge is 2.29. The molecule has 0 aliphatic carbocycles. The first-order chi connectivity index (χ1) is 13.3. The Morgan fingerprint density at radius 2 is 1.71 bits per heavy atom. The van der Waals surface area contributed by atoms with Crippen molar-refractivity contribution in [2.75, 3.05) is 11.9 Å². The minimum atomic E-state index is -4.06. The first-order valence-corrected chi connectivity index (χ1v) is 10.5. The molecule has 2 rings (SSSR count). The minimum Gasteiger partial charge on any atom is -0.308 e. The second-order valence-corrected chi connectivity index (χ2v) is 8.21. The van der Waals surface area contributed by atoms with Crippen LogP contribution in [0.15, 0.2) is 59.5 Å². The third kappa shape index (κ3) is 5.82. The predicted octanol–water partition coefficient (Wildman–Crippen LogP) is 4.12. The monoisotopic (exact) mass is 403 g/mol. The maximum atomic E-state index is 12.9. The molecule has 0 spiro atoms. The van der Waals surface area contributed by atoms with Crippen LogP contribution >= 0.6 is 0 Å². The lowest BCUT2D eigenvalue weighted by Gasteiger charge is -2.22. The number of nitrogens with zero attached hydrogens (tertiary/aromatic N) is 1. The Labute approximate surface area is 165 Å². The molecule has 2 N–H and O–H groups in total. The number of nitrogens with one attached hydrogen (secondary N) is 2. The van der Waals surface area contributed by atoms with Crippen LogP contribution in [0.2, 0.25) is 0 Å². The van der Waals surface area contributed by atoms with Gasteiger partial charge in [-0.15, -0.1) is 0 Å². The van der Waals surface area contributed by atoms with Gasteiger partial charge in [0.05, 0.1) is 4.90 Å². The van der Waals surface area contributed by atoms with Crippen LogP contribution in [0.4, 0.5) is 15.3 Å². The van der Waals surface area contributed by atoms with Crippen LogP contribution in [0.5, 0.6) is 0 Å². The molecule has 0 saturated carbocycles. The van der Waals surface area contributed by atoms with E-state index >= 15 is 0 Å². The smallest absolute Gasteiger partial charge is 0.308 e. The summed E-state index contributed by atoms with van der Waals surface area (Å²) in [7, 11) is -4.06. The summed E-state index contributed by atoms with van der Waals surface area (Å²) in [6, 6.07) is 13.0. The van der Waals surface area contributed by atoms with Crippen molar-refractivity contribution in [3.63, 3.8) is 0 Å². The molecule has 150 valence electrons. The largest absolute Gasteiger partial charge is 0.339 e. The third-order valence-electron chi connectivity index (χ3n) is 4.02. The number of benzene rings is 2. The number of imide groups is 1. The standard InChI is InChI=1S/C20H25N3O4S/c1-3-4-8-14-23(28(26,27)18-12-6-5-7-13-18)20(25)22-19(24)21-17-11-9-10-16(2)15-17/h5-7,9-13,15H,3-4,8,14H2,1-2H3,(H2,21,22,24,25). The molecule has 0 aliphatic heterocycles. The molecule has 2 aromatic carbocycles. The molecule has 0 aromatic heterocycles. The van der Waals surface area contributed by atoms with Crippen LogP contribution in [0.1, 0.15) is 31.7 Å². The van der Waals surface area contributed by atoms with Gasteiger partial charge in [0.15, 0.2) is 0 Å². The van der Waals surface area contributed by atoms with Crippen molar-refractivity contribution in [2.45, 2.75) is 38.0 Å². The summed E-state index contributed by atoms with van der Waals surface area (Å²) in [4.78, 5) is 24.8. The van der Waals surface area contributed by atoms with Gasteiger partial charge in [0.2, 0.25) is 0 Å². The number of amides is 4. The van der Waals surface area contributed by atoms with Gasteiger partial charge >= 0.3 is 12.1 Å². The maximum Gasteiger partial charge on any atom is 0.339 e. The normalized spacial score (nSPS) is 10.9. The van der Waals surface area contributed by atoms with Gasteiger partial charge in [-0.25, -0.2) is 22.3 Å². The van der Waals surface area contributed by atoms with Crippen molar-refractivity contribution in [2.24, 2.45) is 0 Å². The van der Waals surface area contributed by atoms with Crippen LogP contribution in [-0.2, 0) is 10.0 Å². The van der Waals surface area contributed by atoms with Gasteiger partial charge in [0.1, 0.15) is 0 Å². The molecular weight excluding hydrogens is 378 g/mol. The van der Waals surface area contributed by atoms with E-state index < -0.39 is 22.1 Å². The van der Waals surface area contributed by atoms with E-state index in [-0.39, 0.29) is 11.4 Å². The SMILES string of the molecule is CCCCCN(C(=O)NC(=O)Nc1cccc(C)c1)S(=O)(=O)c1ccccc1. The quantitative estimate of drug-likeness (QED) is 0.680. The summed E-state index contributed by atoms with van der Waals surface area (Å²) in [6.45, 7) is 3.84. The number of hydrogen-bond donors (Lipinski definition) is 2. The van der Waals surface area contributed by atoms with Crippen LogP contribution in [-0.4, -0.2) is 31.3 Å². The molecule has 0 bridgehead atoms. The first kappa shape index (κ1) is 21.4. The van der Waals surface area contributed by atoms with E-state index in [1.807, 2.05) is 19.9 Å². The Morgan fingerprint density at radius 1 is 1.00 bits per heavy atom. The molecule has 2 aromatic rings. The zero-order valence-electron chi connectivity index (χ0n) is 16.0. The summed E-state index contributed by atoms with van der Waals surface area (Å²) in [5, 5.41) is 4.64. The van der Waals surface area contributed by atoms with Crippen molar-refractivity contribution in [1.82, 2.24) is 9.62 Å². The van der Waals surface area contributed by atoms with Crippen molar-refractivity contribution < 1.29 is 18.0 Å². The number of sulfonamides is 1. The van der Waals surface area contributed by atoms with Gasteiger partial charge in [-0.3, -0.25) is 5.32 Å². The van der Waals surface area contributed by atoms with Gasteiger partial charge in [-0.2, -0.15) is 0 Å². The fourth-order valence-electron chi connectivity index (χ4n) is 2.60. The molecule has 0 atom stereocenters. The highest BCUT2D eigenvalue weighted by molar-refractivity contribution is 7.89. The molecule has 8 heteroatoms. The summed E-state index contributed by atoms with van der Waals surface area (Å²) >= 11 is 0. The second-order valence-electron chi connectivity index (χ2n) is 6.35. The number of rotatable bonds is 7. The van der Waals surface area contributed by atoms with Crippen LogP contribution in [0.25, 0.3) is 0 Å². The fraction of sp³-hybridized carbons (Fsp3) is 0.300. The van der Waals surface area contributed by atoms with Crippen molar-refractivity contribution >= 4 is 27.8 Å². The minimum absolute atomic E-state index is 0.000686. The number of carbonyl (C=O) groups excluding carboxylic acids is 2. The second kappa shape index (κ2) is 9.89. The van der Waals surface area contributed by atoms with E-state index in [0.717, 1.165) is 18.4 Å². The lowest BCUT2D eigenvalue weighted by Crippen LogP contribution is -2.47. The molecule has 0 radical (unpaired) electrons. The van der Waals surface area contributed by atoms with E-state index in [1.54, 1.807) is 36.4 Å². The Kier molecular flexibility index (Phi) is 7.57. The zero-order valence-corrected chi connectivity index (χ0v) is 16.8. The molecule has 28 heavy (non-hydrogen) atoms. The Morgan fingerprint density at radius 3 is 2.36 bits per heavy atom. The predicted molar refractivity (Wildman–Crippen MR) is 109 cm³/mol. The van der Waals surface area contributed by atoms with Gasteiger partial charge in [0.25, 0.3) is 10.0 Å². The molecule has 0 heterocycles. The van der Waals surface area contributed by atoms with Crippen LogP contribution in [0.3, 0.4) is 0 Å². The first-order valence-electron chi connectivity index (χ1n) is 9.11. The van der Waals surface area contributed by atoms with E-state index in [1.165, 1.54) is 12.1 Å². The molecular formula is C20H25N3O4S. The Hall–Kier alpha value is -2.87. The summed E-state index contributed by atoms with van der Waals surface area (Å²) < 4.78 is 26.5. The van der Waals surface area contributed by atoms with E-state index in [4.69, 9.17) is 0 Å². The zero-order chi connectivity index (χ0) is 20.6. The lowest BCUT2D eigenvalue weighted by atomic mass is 10.2. The van der Waals surface area contributed by atoms with E-state index in [9.17, 15) is 18.0 Å². The number of carbonyl (C=O) groups is 2. The lowest BCUT2D eigenvalue weighted by molar-refractivity contribution is 0.218. The molecule has 0 unspecified atom stereocenters. The molecule has 0 fully saturated rings. The fourth-order valence-corrected chi connectivity index (χ4v) is 3.99. The highest BCUT2D eigenvalue weighted by Crippen LogP contribution is 2.17. The van der Waals surface area contributed by atoms with Gasteiger partial charge in [-0.1, -0.05) is 50.1 Å². The molecule has 7 nitrogen and oxygen atoms in total. The Bertz CT molecular complexity index is 914. The summed E-state index contributed by atoms with van der Waals surface area (Å²) in [6.07, 6.45) is 2.15. The van der Waals surface area contributed by atoms with Crippen molar-refractivity contribution in [1.29, 1.82) is 0 Å². The molecule has 0 aliphatic rings. The van der Waals surface area contributed by atoms with Crippen LogP contribution < -0.4 is 10.6 Å². The topological polar surface area (TPSA) is 95.6 Å². The average Bonchev–Trinajstić information content (AvgIpc) is 2.65. The highest BCUT2D eigenvalue weighted by atomic mass is 32.2. The Balaban J connectivity index is 2.15. The maximum absolute atomic E-state index is 12.9. The number of hydrogen-bond acceptors (Lipinski definition) is 4. The van der Waals surface area contributed by atoms with Crippen molar-refractivity contribution in [3.05, 3.63) is 60.2 Å². The van der Waals surface area contributed by atoms with Crippen LogP contribution in [0, 0.1) is 6.92 Å². The molecule has 4 amide bonds. The van der Waals surface area contributed by atoms with Crippen molar-refractivity contribution in [3.8, 4) is 0 Å². The number of aryl methyl sites for hydroxylation is 1. The number of urea groups is 2. The average molecular weight is 404 g/mol.